The smallest absolute Gasteiger partial charge is 0.152 e. The van der Waals surface area contributed by atoms with Crippen LogP contribution in [0.2, 0.25) is 5.02 Å². The molecule has 0 heterocycles. The number of hydrogen-bond donors (Lipinski definition) is 1. The molecule has 82 valence electrons. The molecule has 1 aromatic carbocycles. The Morgan fingerprint density at radius 2 is 1.80 bits per heavy atom. The normalized spacial score (nSPS) is 30.2. The minimum atomic E-state index is -3.04. The van der Waals surface area contributed by atoms with E-state index in [1.165, 1.54) is 6.26 Å². The van der Waals surface area contributed by atoms with Gasteiger partial charge in [-0.05, 0) is 17.7 Å². The Balaban J connectivity index is 2.26. The maximum absolute atomic E-state index is 11.3. The lowest BCUT2D eigenvalue weighted by Crippen LogP contribution is -2.13. The fourth-order valence-corrected chi connectivity index (χ4v) is 3.60. The van der Waals surface area contributed by atoms with Crippen molar-refractivity contribution in [3.05, 3.63) is 34.9 Å². The van der Waals surface area contributed by atoms with Gasteiger partial charge in [-0.25, -0.2) is 8.42 Å². The molecule has 15 heavy (non-hydrogen) atoms. The summed E-state index contributed by atoms with van der Waals surface area (Å²) in [6.45, 7) is 0. The molecule has 3 nitrogen and oxygen atoms in total. The first kappa shape index (κ1) is 10.9. The lowest BCUT2D eigenvalue weighted by molar-refractivity contribution is 0.599. The number of rotatable bonds is 2. The van der Waals surface area contributed by atoms with Gasteiger partial charge in [0.1, 0.15) is 0 Å². The van der Waals surface area contributed by atoms with E-state index in [4.69, 9.17) is 17.3 Å². The lowest BCUT2D eigenvalue weighted by atomic mass is 10.1. The van der Waals surface area contributed by atoms with Crippen molar-refractivity contribution in [3.8, 4) is 0 Å². The average molecular weight is 246 g/mol. The molecule has 0 aliphatic heterocycles. The molecule has 2 rings (SSSR count). The summed E-state index contributed by atoms with van der Waals surface area (Å²) in [5.41, 5.74) is 6.70. The highest BCUT2D eigenvalue weighted by Crippen LogP contribution is 2.44. The van der Waals surface area contributed by atoms with Crippen LogP contribution in [0.15, 0.2) is 24.3 Å². The first-order chi connectivity index (χ1) is 6.91. The third kappa shape index (κ3) is 2.02. The summed E-state index contributed by atoms with van der Waals surface area (Å²) in [4.78, 5) is 0. The zero-order valence-corrected chi connectivity index (χ0v) is 9.79. The predicted octanol–water partition coefficient (Wildman–Crippen LogP) is 1.18. The van der Waals surface area contributed by atoms with E-state index in [1.807, 2.05) is 12.1 Å². The molecule has 0 radical (unpaired) electrons. The predicted molar refractivity (Wildman–Crippen MR) is 60.8 cm³/mol. The van der Waals surface area contributed by atoms with Gasteiger partial charge in [-0.15, -0.1) is 0 Å². The van der Waals surface area contributed by atoms with Crippen LogP contribution in [0, 0.1) is 0 Å². The molecule has 0 aromatic heterocycles. The van der Waals surface area contributed by atoms with Crippen LogP contribution in [0.3, 0.4) is 0 Å². The zero-order chi connectivity index (χ0) is 11.2. The second-order valence-electron chi connectivity index (χ2n) is 3.95. The van der Waals surface area contributed by atoms with Gasteiger partial charge < -0.3 is 5.73 Å². The van der Waals surface area contributed by atoms with Crippen molar-refractivity contribution in [2.45, 2.75) is 17.2 Å². The van der Waals surface area contributed by atoms with Crippen molar-refractivity contribution < 1.29 is 8.42 Å². The van der Waals surface area contributed by atoms with E-state index in [0.717, 1.165) is 5.56 Å². The molecule has 0 spiro atoms. The second kappa shape index (κ2) is 3.47. The molecular formula is C10H12ClNO2S. The number of sulfone groups is 1. The monoisotopic (exact) mass is 245 g/mol. The van der Waals surface area contributed by atoms with E-state index < -0.39 is 15.1 Å². The van der Waals surface area contributed by atoms with Gasteiger partial charge in [0.2, 0.25) is 0 Å². The number of nitrogens with two attached hydrogens (primary N) is 1. The third-order valence-corrected chi connectivity index (χ3v) is 4.60. The summed E-state index contributed by atoms with van der Waals surface area (Å²) in [5, 5.41) is 0.211. The lowest BCUT2D eigenvalue weighted by Gasteiger charge is -1.98. The third-order valence-electron chi connectivity index (χ3n) is 2.76. The van der Waals surface area contributed by atoms with Crippen molar-refractivity contribution in [2.24, 2.45) is 5.73 Å². The maximum Gasteiger partial charge on any atom is 0.152 e. The Kier molecular flexibility index (Phi) is 2.53. The number of hydrogen-bond acceptors (Lipinski definition) is 3. The van der Waals surface area contributed by atoms with E-state index in [1.54, 1.807) is 12.1 Å². The molecule has 0 saturated heterocycles. The van der Waals surface area contributed by atoms with E-state index >= 15 is 0 Å². The standard InChI is InChI=1S/C10H12ClNO2S/c1-15(13,14)10-8(9(10)12)6-2-4-7(11)5-3-6/h2-5,8-10H,12H2,1H3. The first-order valence-electron chi connectivity index (χ1n) is 4.61. The van der Waals surface area contributed by atoms with Crippen LogP contribution < -0.4 is 5.73 Å². The van der Waals surface area contributed by atoms with Crippen LogP contribution in [0.25, 0.3) is 0 Å². The van der Waals surface area contributed by atoms with Crippen LogP contribution in [-0.4, -0.2) is 26.0 Å². The average Bonchev–Trinajstić information content (AvgIpc) is 2.78. The summed E-state index contributed by atoms with van der Waals surface area (Å²) < 4.78 is 22.7. The Bertz CT molecular complexity index is 469. The van der Waals surface area contributed by atoms with Gasteiger partial charge in [-0.1, -0.05) is 23.7 Å². The molecular weight excluding hydrogens is 234 g/mol. The molecule has 1 aromatic rings. The van der Waals surface area contributed by atoms with E-state index in [9.17, 15) is 8.42 Å². The van der Waals surface area contributed by atoms with Crippen LogP contribution >= 0.6 is 11.6 Å². The number of halogens is 1. The maximum atomic E-state index is 11.3. The van der Waals surface area contributed by atoms with Gasteiger partial charge in [0.15, 0.2) is 9.84 Å². The second-order valence-corrected chi connectivity index (χ2v) is 6.59. The van der Waals surface area contributed by atoms with E-state index in [0.29, 0.717) is 5.02 Å². The summed E-state index contributed by atoms with van der Waals surface area (Å²) in [6, 6.07) is 6.89. The minimum absolute atomic E-state index is 0.0720. The molecule has 0 bridgehead atoms. The summed E-state index contributed by atoms with van der Waals surface area (Å²) in [7, 11) is -3.04. The molecule has 1 fully saturated rings. The summed E-state index contributed by atoms with van der Waals surface area (Å²) in [5.74, 6) is -0.0720. The van der Waals surface area contributed by atoms with Crippen LogP contribution in [-0.2, 0) is 9.84 Å². The highest BCUT2D eigenvalue weighted by molar-refractivity contribution is 7.91. The van der Waals surface area contributed by atoms with Crippen molar-refractivity contribution in [2.75, 3.05) is 6.26 Å². The topological polar surface area (TPSA) is 60.2 Å². The highest BCUT2D eigenvalue weighted by Gasteiger charge is 2.54. The van der Waals surface area contributed by atoms with Gasteiger partial charge in [0.05, 0.1) is 5.25 Å². The van der Waals surface area contributed by atoms with E-state index in [-0.39, 0.29) is 12.0 Å². The van der Waals surface area contributed by atoms with Gasteiger partial charge in [0.25, 0.3) is 0 Å². The fourth-order valence-electron chi connectivity index (χ4n) is 1.95. The first-order valence-corrected chi connectivity index (χ1v) is 6.94. The van der Waals surface area contributed by atoms with Crippen molar-refractivity contribution in [1.29, 1.82) is 0 Å². The van der Waals surface area contributed by atoms with Gasteiger partial charge in [0, 0.05) is 23.2 Å². The van der Waals surface area contributed by atoms with E-state index in [2.05, 4.69) is 0 Å². The quantitative estimate of drug-likeness (QED) is 0.851. The Labute approximate surface area is 94.2 Å². The van der Waals surface area contributed by atoms with Crippen molar-refractivity contribution in [3.63, 3.8) is 0 Å². The van der Waals surface area contributed by atoms with Crippen LogP contribution in [0.1, 0.15) is 11.5 Å². The van der Waals surface area contributed by atoms with Crippen LogP contribution in [0.5, 0.6) is 0 Å². The summed E-state index contributed by atoms with van der Waals surface area (Å²) >= 11 is 5.75. The van der Waals surface area contributed by atoms with Gasteiger partial charge >= 0.3 is 0 Å². The Hall–Kier alpha value is -0.580. The fraction of sp³-hybridized carbons (Fsp3) is 0.400. The molecule has 1 saturated carbocycles. The highest BCUT2D eigenvalue weighted by atomic mass is 35.5. The Morgan fingerprint density at radius 1 is 1.27 bits per heavy atom. The minimum Gasteiger partial charge on any atom is -0.326 e. The molecule has 3 atom stereocenters. The van der Waals surface area contributed by atoms with Crippen molar-refractivity contribution >= 4 is 21.4 Å². The SMILES string of the molecule is CS(=O)(=O)C1C(N)C1c1ccc(Cl)cc1. The zero-order valence-electron chi connectivity index (χ0n) is 8.22. The van der Waals surface area contributed by atoms with Crippen LogP contribution in [0.4, 0.5) is 0 Å². The van der Waals surface area contributed by atoms with Gasteiger partial charge in [-0.2, -0.15) is 0 Å². The molecule has 1 aliphatic rings. The summed E-state index contributed by atoms with van der Waals surface area (Å²) in [6.07, 6.45) is 1.23. The molecule has 0 amide bonds. The molecule has 3 unspecified atom stereocenters. The molecule has 2 N–H and O–H groups in total. The number of benzene rings is 1. The van der Waals surface area contributed by atoms with Crippen molar-refractivity contribution in [1.82, 2.24) is 0 Å². The largest absolute Gasteiger partial charge is 0.326 e. The molecule has 5 heteroatoms. The Morgan fingerprint density at radius 3 is 2.20 bits per heavy atom. The molecule has 1 aliphatic carbocycles. The van der Waals surface area contributed by atoms with Gasteiger partial charge in [-0.3, -0.25) is 0 Å².